The molecule has 140 valence electrons. The number of rotatable bonds is 5. The number of carbonyl (C=O) groups is 1. The number of hydrogen-bond donors (Lipinski definition) is 1. The molecule has 4 nitrogen and oxygen atoms in total. The second-order valence-electron chi connectivity index (χ2n) is 6.75. The molecule has 2 aromatic heterocycles. The molecule has 2 aromatic carbocycles. The lowest BCUT2D eigenvalue weighted by Crippen LogP contribution is -1.96. The number of aliphatic hydroxyl groups is 1. The van der Waals surface area contributed by atoms with Crippen molar-refractivity contribution in [1.29, 1.82) is 0 Å². The van der Waals surface area contributed by atoms with Crippen LogP contribution in [0.4, 0.5) is 0 Å². The average Bonchev–Trinajstić information content (AvgIpc) is 3.30. The van der Waals surface area contributed by atoms with Crippen molar-refractivity contribution in [3.8, 4) is 11.3 Å². The molecule has 0 fully saturated rings. The Labute approximate surface area is 167 Å². The van der Waals surface area contributed by atoms with Crippen molar-refractivity contribution < 1.29 is 9.90 Å². The van der Waals surface area contributed by atoms with Gasteiger partial charge in [-0.2, -0.15) is 0 Å². The predicted molar refractivity (Wildman–Crippen MR) is 114 cm³/mol. The van der Waals surface area contributed by atoms with Gasteiger partial charge in [-0.25, -0.2) is 4.98 Å². The first-order chi connectivity index (χ1) is 13.6. The predicted octanol–water partition coefficient (Wildman–Crippen LogP) is 5.07. The number of benzene rings is 2. The molecule has 0 bridgehead atoms. The first kappa shape index (κ1) is 18.3. The molecule has 0 aliphatic carbocycles. The van der Waals surface area contributed by atoms with E-state index >= 15 is 0 Å². The lowest BCUT2D eigenvalue weighted by Gasteiger charge is -2.03. The zero-order valence-corrected chi connectivity index (χ0v) is 16.5. The number of allylic oxidation sites excluding steroid dienone is 1. The van der Waals surface area contributed by atoms with Gasteiger partial charge in [0.15, 0.2) is 10.7 Å². The SMILES string of the molecule is Cc1ccc(C(=O)C=Cc2c(-c3ccc(CO)cc3)nc3sccn23)cc1C. The summed E-state index contributed by atoms with van der Waals surface area (Å²) in [5, 5.41) is 11.2. The van der Waals surface area contributed by atoms with E-state index < -0.39 is 0 Å². The molecule has 0 amide bonds. The Morgan fingerprint density at radius 3 is 2.64 bits per heavy atom. The number of hydrogen-bond acceptors (Lipinski definition) is 4. The van der Waals surface area contributed by atoms with Crippen LogP contribution in [0.1, 0.15) is 32.7 Å². The van der Waals surface area contributed by atoms with Crippen LogP contribution in [0, 0.1) is 13.8 Å². The van der Waals surface area contributed by atoms with E-state index in [0.717, 1.165) is 33.0 Å². The third-order valence-electron chi connectivity index (χ3n) is 4.89. The smallest absolute Gasteiger partial charge is 0.194 e. The maximum absolute atomic E-state index is 12.7. The van der Waals surface area contributed by atoms with Crippen LogP contribution in [0.2, 0.25) is 0 Å². The fraction of sp³-hybridized carbons (Fsp3) is 0.130. The van der Waals surface area contributed by atoms with Crippen LogP contribution in [0.3, 0.4) is 0 Å². The fourth-order valence-corrected chi connectivity index (χ4v) is 3.81. The number of carbonyl (C=O) groups excluding carboxylic acids is 1. The summed E-state index contributed by atoms with van der Waals surface area (Å²) in [5.41, 5.74) is 6.45. The van der Waals surface area contributed by atoms with Gasteiger partial charge in [-0.15, -0.1) is 11.3 Å². The molecule has 0 unspecified atom stereocenters. The minimum atomic E-state index is -0.0325. The van der Waals surface area contributed by atoms with E-state index in [0.29, 0.717) is 5.56 Å². The monoisotopic (exact) mass is 388 g/mol. The highest BCUT2D eigenvalue weighted by Gasteiger charge is 2.13. The van der Waals surface area contributed by atoms with E-state index in [1.807, 2.05) is 78.4 Å². The van der Waals surface area contributed by atoms with E-state index in [2.05, 4.69) is 0 Å². The summed E-state index contributed by atoms with van der Waals surface area (Å²) in [5.74, 6) is -0.0325. The maximum Gasteiger partial charge on any atom is 0.194 e. The molecule has 2 heterocycles. The Balaban J connectivity index is 1.72. The molecule has 0 saturated heterocycles. The summed E-state index contributed by atoms with van der Waals surface area (Å²) >= 11 is 1.55. The first-order valence-electron chi connectivity index (χ1n) is 9.02. The Bertz CT molecular complexity index is 1180. The second kappa shape index (κ2) is 7.54. The van der Waals surface area contributed by atoms with Gasteiger partial charge in [0.1, 0.15) is 0 Å². The summed E-state index contributed by atoms with van der Waals surface area (Å²) in [6.07, 6.45) is 5.40. The van der Waals surface area contributed by atoms with E-state index in [9.17, 15) is 9.90 Å². The van der Waals surface area contributed by atoms with Gasteiger partial charge in [0.05, 0.1) is 18.0 Å². The lowest BCUT2D eigenvalue weighted by atomic mass is 10.0. The van der Waals surface area contributed by atoms with Gasteiger partial charge in [0.25, 0.3) is 0 Å². The van der Waals surface area contributed by atoms with Crippen LogP contribution >= 0.6 is 11.3 Å². The zero-order chi connectivity index (χ0) is 19.7. The molecule has 0 aliphatic heterocycles. The van der Waals surface area contributed by atoms with Crippen molar-refractivity contribution >= 4 is 28.2 Å². The van der Waals surface area contributed by atoms with E-state index in [4.69, 9.17) is 4.98 Å². The van der Waals surface area contributed by atoms with Gasteiger partial charge in [-0.3, -0.25) is 9.20 Å². The molecule has 0 saturated carbocycles. The standard InChI is InChI=1S/C23H20N2O2S/c1-15-3-6-19(13-16(15)2)21(27)10-9-20-22(24-23-25(20)11-12-28-23)18-7-4-17(14-26)5-8-18/h3-13,26H,14H2,1-2H3. The van der Waals surface area contributed by atoms with E-state index in [-0.39, 0.29) is 12.4 Å². The van der Waals surface area contributed by atoms with Crippen LogP contribution in [-0.2, 0) is 6.61 Å². The van der Waals surface area contributed by atoms with Gasteiger partial charge in [-0.1, -0.05) is 36.4 Å². The number of thiazole rings is 1. The minimum absolute atomic E-state index is 0.00971. The number of fused-ring (bicyclic) bond motifs is 1. The van der Waals surface area contributed by atoms with Crippen molar-refractivity contribution in [2.24, 2.45) is 0 Å². The van der Waals surface area contributed by atoms with Gasteiger partial charge in [0.2, 0.25) is 0 Å². The van der Waals surface area contributed by atoms with Gasteiger partial charge in [-0.05, 0) is 48.8 Å². The molecule has 0 spiro atoms. The Morgan fingerprint density at radius 2 is 1.93 bits per heavy atom. The molecular weight excluding hydrogens is 368 g/mol. The maximum atomic E-state index is 12.7. The summed E-state index contributed by atoms with van der Waals surface area (Å²) in [6, 6.07) is 13.4. The topological polar surface area (TPSA) is 54.6 Å². The molecular formula is C23H20N2O2S. The normalized spacial score (nSPS) is 11.5. The molecule has 1 N–H and O–H groups in total. The summed E-state index contributed by atoms with van der Waals surface area (Å²) in [4.78, 5) is 18.3. The number of aliphatic hydroxyl groups excluding tert-OH is 1. The summed E-state index contributed by atoms with van der Waals surface area (Å²) in [6.45, 7) is 4.05. The van der Waals surface area contributed by atoms with Crippen molar-refractivity contribution in [1.82, 2.24) is 9.38 Å². The number of aromatic nitrogens is 2. The number of nitrogens with zero attached hydrogens (tertiary/aromatic N) is 2. The van der Waals surface area contributed by atoms with Crippen molar-refractivity contribution in [2.45, 2.75) is 20.5 Å². The second-order valence-corrected chi connectivity index (χ2v) is 7.63. The number of aryl methyl sites for hydroxylation is 2. The van der Waals surface area contributed by atoms with E-state index in [1.165, 1.54) is 5.56 Å². The lowest BCUT2D eigenvalue weighted by molar-refractivity contribution is 0.104. The third kappa shape index (κ3) is 3.42. The third-order valence-corrected chi connectivity index (χ3v) is 5.65. The van der Waals surface area contributed by atoms with Crippen LogP contribution in [0.25, 0.3) is 22.3 Å². The van der Waals surface area contributed by atoms with Gasteiger partial charge in [0, 0.05) is 22.7 Å². The highest BCUT2D eigenvalue weighted by molar-refractivity contribution is 7.15. The van der Waals surface area contributed by atoms with Gasteiger partial charge >= 0.3 is 0 Å². The van der Waals surface area contributed by atoms with Crippen molar-refractivity contribution in [3.63, 3.8) is 0 Å². The molecule has 5 heteroatoms. The first-order valence-corrected chi connectivity index (χ1v) is 9.90. The average molecular weight is 388 g/mol. The Morgan fingerprint density at radius 1 is 1.14 bits per heavy atom. The van der Waals surface area contributed by atoms with Crippen LogP contribution in [0.15, 0.2) is 60.1 Å². The molecule has 4 rings (SSSR count). The van der Waals surface area contributed by atoms with Crippen LogP contribution in [0.5, 0.6) is 0 Å². The number of imidazole rings is 1. The highest BCUT2D eigenvalue weighted by Crippen LogP contribution is 2.28. The quantitative estimate of drug-likeness (QED) is 0.384. The number of ketones is 1. The molecule has 4 aromatic rings. The summed E-state index contributed by atoms with van der Waals surface area (Å²) < 4.78 is 1.99. The summed E-state index contributed by atoms with van der Waals surface area (Å²) in [7, 11) is 0. The van der Waals surface area contributed by atoms with Crippen molar-refractivity contribution in [3.05, 3.63) is 88.1 Å². The fourth-order valence-electron chi connectivity index (χ4n) is 3.09. The Kier molecular flexibility index (Phi) is 4.94. The van der Waals surface area contributed by atoms with E-state index in [1.54, 1.807) is 17.4 Å². The molecule has 0 aliphatic rings. The largest absolute Gasteiger partial charge is 0.392 e. The van der Waals surface area contributed by atoms with Crippen LogP contribution < -0.4 is 0 Å². The zero-order valence-electron chi connectivity index (χ0n) is 15.7. The Hall–Kier alpha value is -3.02. The molecule has 28 heavy (non-hydrogen) atoms. The van der Waals surface area contributed by atoms with Gasteiger partial charge < -0.3 is 5.11 Å². The molecule has 0 radical (unpaired) electrons. The molecule has 0 atom stereocenters. The van der Waals surface area contributed by atoms with Crippen molar-refractivity contribution in [2.75, 3.05) is 0 Å². The minimum Gasteiger partial charge on any atom is -0.392 e. The highest BCUT2D eigenvalue weighted by atomic mass is 32.1. The van der Waals surface area contributed by atoms with Crippen LogP contribution in [-0.4, -0.2) is 20.3 Å².